The van der Waals surface area contributed by atoms with E-state index in [0.29, 0.717) is 0 Å². The number of rotatable bonds is 8. The first-order valence-corrected chi connectivity index (χ1v) is 10.2. The van der Waals surface area contributed by atoms with Crippen LogP contribution in [0.3, 0.4) is 0 Å². The number of ether oxygens (including phenoxy) is 3. The molecule has 1 aromatic rings. The number of nitrogens with zero attached hydrogens (tertiary/aromatic N) is 1. The monoisotopic (exact) mass is 418 g/mol. The predicted molar refractivity (Wildman–Crippen MR) is 117 cm³/mol. The van der Waals surface area contributed by atoms with E-state index >= 15 is 0 Å². The first kappa shape index (κ1) is 23.7. The standard InChI is InChI=1S/C23H34N2O5/c1-8-15-23(5,29-7)20(24-16-9-11-17(28-6)12-10-16)18-13-14-19(26)25(18)21(27)30-22(2,3)4/h9-14,18,20,24H,8,15H2,1-7H3. The van der Waals surface area contributed by atoms with E-state index in [-0.39, 0.29) is 0 Å². The summed E-state index contributed by atoms with van der Waals surface area (Å²) < 4.78 is 16.7. The highest BCUT2D eigenvalue weighted by molar-refractivity contribution is 6.01. The molecule has 2 amide bonds. The Morgan fingerprint density at radius 1 is 1.17 bits per heavy atom. The molecule has 1 heterocycles. The van der Waals surface area contributed by atoms with E-state index in [1.807, 2.05) is 31.2 Å². The smallest absolute Gasteiger partial charge is 0.417 e. The number of hydrogen-bond acceptors (Lipinski definition) is 6. The molecule has 7 nitrogen and oxygen atoms in total. The van der Waals surface area contributed by atoms with Crippen molar-refractivity contribution in [3.05, 3.63) is 36.4 Å². The Morgan fingerprint density at radius 3 is 2.30 bits per heavy atom. The lowest BCUT2D eigenvalue weighted by Gasteiger charge is -2.42. The van der Waals surface area contributed by atoms with Crippen LogP contribution in [0.15, 0.2) is 36.4 Å². The number of amides is 2. The summed E-state index contributed by atoms with van der Waals surface area (Å²) in [5.74, 6) is 0.345. The average molecular weight is 419 g/mol. The SMILES string of the molecule is CCCC(C)(OC)C(Nc1ccc(OC)cc1)C1C=CC(=O)N1C(=O)OC(C)(C)C. The van der Waals surface area contributed by atoms with Crippen molar-refractivity contribution in [3.8, 4) is 5.75 Å². The molecule has 0 aliphatic carbocycles. The Labute approximate surface area is 179 Å². The second-order valence-electron chi connectivity index (χ2n) is 8.66. The maximum atomic E-state index is 12.9. The number of carbonyl (C=O) groups is 2. The van der Waals surface area contributed by atoms with E-state index in [4.69, 9.17) is 14.2 Å². The third kappa shape index (κ3) is 5.53. The number of imide groups is 1. The lowest BCUT2D eigenvalue weighted by Crippen LogP contribution is -2.59. The maximum absolute atomic E-state index is 12.9. The highest BCUT2D eigenvalue weighted by Crippen LogP contribution is 2.32. The quantitative estimate of drug-likeness (QED) is 0.675. The molecule has 7 heteroatoms. The summed E-state index contributed by atoms with van der Waals surface area (Å²) >= 11 is 0. The molecule has 0 saturated heterocycles. The fourth-order valence-corrected chi connectivity index (χ4v) is 3.62. The molecule has 2 rings (SSSR count). The molecule has 166 valence electrons. The highest BCUT2D eigenvalue weighted by Gasteiger charge is 2.46. The van der Waals surface area contributed by atoms with E-state index in [1.165, 1.54) is 11.0 Å². The number of carbonyl (C=O) groups excluding carboxylic acids is 2. The van der Waals surface area contributed by atoms with Crippen LogP contribution in [0.4, 0.5) is 10.5 Å². The van der Waals surface area contributed by atoms with Crippen LogP contribution in [0, 0.1) is 0 Å². The lowest BCUT2D eigenvalue weighted by molar-refractivity contribution is -0.126. The molecule has 1 aliphatic heterocycles. The number of nitrogens with one attached hydrogen (secondary N) is 1. The van der Waals surface area contributed by atoms with E-state index in [9.17, 15) is 9.59 Å². The Kier molecular flexibility index (Phi) is 7.53. The van der Waals surface area contributed by atoms with Gasteiger partial charge in [0.1, 0.15) is 11.4 Å². The first-order chi connectivity index (χ1) is 14.0. The van der Waals surface area contributed by atoms with Gasteiger partial charge < -0.3 is 19.5 Å². The molecule has 0 saturated carbocycles. The molecule has 0 fully saturated rings. The van der Waals surface area contributed by atoms with Crippen LogP contribution in [-0.4, -0.2) is 54.4 Å². The van der Waals surface area contributed by atoms with Crippen molar-refractivity contribution in [1.82, 2.24) is 4.90 Å². The zero-order valence-corrected chi connectivity index (χ0v) is 19.0. The molecule has 3 unspecified atom stereocenters. The van der Waals surface area contributed by atoms with Gasteiger partial charge in [0.2, 0.25) is 0 Å². The molecule has 1 aromatic carbocycles. The number of hydrogen-bond donors (Lipinski definition) is 1. The van der Waals surface area contributed by atoms with Gasteiger partial charge in [0.25, 0.3) is 5.91 Å². The summed E-state index contributed by atoms with van der Waals surface area (Å²) in [6.45, 7) is 9.39. The summed E-state index contributed by atoms with van der Waals surface area (Å²) in [5.41, 5.74) is -0.525. The van der Waals surface area contributed by atoms with Crippen LogP contribution < -0.4 is 10.1 Å². The summed E-state index contributed by atoms with van der Waals surface area (Å²) in [6, 6.07) is 6.53. The van der Waals surface area contributed by atoms with E-state index < -0.39 is 35.3 Å². The molecule has 1 aliphatic rings. The fourth-order valence-electron chi connectivity index (χ4n) is 3.62. The maximum Gasteiger partial charge on any atom is 0.417 e. The van der Waals surface area contributed by atoms with Crippen LogP contribution >= 0.6 is 0 Å². The summed E-state index contributed by atoms with van der Waals surface area (Å²) in [7, 11) is 3.26. The molecule has 3 atom stereocenters. The number of anilines is 1. The largest absolute Gasteiger partial charge is 0.497 e. The van der Waals surface area contributed by atoms with E-state index in [0.717, 1.165) is 24.3 Å². The van der Waals surface area contributed by atoms with Crippen LogP contribution in [0.2, 0.25) is 0 Å². The molecule has 0 bridgehead atoms. The zero-order valence-electron chi connectivity index (χ0n) is 19.0. The van der Waals surface area contributed by atoms with Gasteiger partial charge in [0.05, 0.1) is 24.8 Å². The molecule has 1 N–H and O–H groups in total. The Bertz CT molecular complexity index is 769. The van der Waals surface area contributed by atoms with Crippen molar-refractivity contribution in [2.75, 3.05) is 19.5 Å². The lowest BCUT2D eigenvalue weighted by atomic mass is 9.85. The second kappa shape index (κ2) is 9.51. The Morgan fingerprint density at radius 2 is 1.80 bits per heavy atom. The zero-order chi connectivity index (χ0) is 22.5. The van der Waals surface area contributed by atoms with Crippen molar-refractivity contribution in [2.45, 2.75) is 70.7 Å². The van der Waals surface area contributed by atoms with Gasteiger partial charge in [-0.2, -0.15) is 0 Å². The second-order valence-corrected chi connectivity index (χ2v) is 8.66. The minimum atomic E-state index is -0.711. The van der Waals surface area contributed by atoms with Gasteiger partial charge in [-0.05, 0) is 58.4 Å². The molecule has 0 spiro atoms. The average Bonchev–Trinajstić information content (AvgIpc) is 3.06. The summed E-state index contributed by atoms with van der Waals surface area (Å²) in [6.07, 6.45) is 4.10. The highest BCUT2D eigenvalue weighted by atomic mass is 16.6. The Balaban J connectivity index is 2.41. The van der Waals surface area contributed by atoms with Gasteiger partial charge >= 0.3 is 6.09 Å². The summed E-state index contributed by atoms with van der Waals surface area (Å²) in [5, 5.41) is 3.48. The topological polar surface area (TPSA) is 77.1 Å². The van der Waals surface area contributed by atoms with Gasteiger partial charge in [0, 0.05) is 18.9 Å². The van der Waals surface area contributed by atoms with Crippen LogP contribution in [-0.2, 0) is 14.3 Å². The molecule has 30 heavy (non-hydrogen) atoms. The fraction of sp³-hybridized carbons (Fsp3) is 0.565. The van der Waals surface area contributed by atoms with Crippen molar-refractivity contribution in [2.24, 2.45) is 0 Å². The van der Waals surface area contributed by atoms with Gasteiger partial charge in [-0.15, -0.1) is 0 Å². The molecular formula is C23H34N2O5. The summed E-state index contributed by atoms with van der Waals surface area (Å²) in [4.78, 5) is 26.6. The minimum absolute atomic E-state index is 0.397. The predicted octanol–water partition coefficient (Wildman–Crippen LogP) is 4.38. The number of methoxy groups -OCH3 is 2. The minimum Gasteiger partial charge on any atom is -0.497 e. The van der Waals surface area contributed by atoms with Gasteiger partial charge in [-0.3, -0.25) is 4.79 Å². The molecular weight excluding hydrogens is 384 g/mol. The third-order valence-electron chi connectivity index (χ3n) is 5.19. The van der Waals surface area contributed by atoms with Crippen LogP contribution in [0.25, 0.3) is 0 Å². The first-order valence-electron chi connectivity index (χ1n) is 10.2. The number of benzene rings is 1. The van der Waals surface area contributed by atoms with Crippen LogP contribution in [0.5, 0.6) is 5.75 Å². The van der Waals surface area contributed by atoms with Crippen molar-refractivity contribution in [1.29, 1.82) is 0 Å². The molecule has 0 radical (unpaired) electrons. The van der Waals surface area contributed by atoms with Crippen LogP contribution in [0.1, 0.15) is 47.5 Å². The normalized spacial score (nSPS) is 19.4. The van der Waals surface area contributed by atoms with Gasteiger partial charge in [-0.1, -0.05) is 19.4 Å². The van der Waals surface area contributed by atoms with Gasteiger partial charge in [0.15, 0.2) is 0 Å². The van der Waals surface area contributed by atoms with Crippen molar-refractivity contribution in [3.63, 3.8) is 0 Å². The van der Waals surface area contributed by atoms with Crippen molar-refractivity contribution >= 4 is 17.7 Å². The van der Waals surface area contributed by atoms with Crippen molar-refractivity contribution < 1.29 is 23.8 Å². The third-order valence-corrected chi connectivity index (χ3v) is 5.19. The van der Waals surface area contributed by atoms with E-state index in [2.05, 4.69) is 12.2 Å². The van der Waals surface area contributed by atoms with E-state index in [1.54, 1.807) is 41.1 Å². The van der Waals surface area contributed by atoms with Gasteiger partial charge in [-0.25, -0.2) is 9.69 Å². The Hall–Kier alpha value is -2.54. The molecule has 0 aromatic heterocycles.